The average Bonchev–Trinajstić information content (AvgIpc) is 3.25. The zero-order valence-corrected chi connectivity index (χ0v) is 20.1. The Hall–Kier alpha value is -1.71. The first kappa shape index (κ1) is 22.5. The lowest BCUT2D eigenvalue weighted by Gasteiger charge is -2.26. The molecule has 0 radical (unpaired) electrons. The highest BCUT2D eigenvalue weighted by molar-refractivity contribution is 7.91. The smallest absolute Gasteiger partial charge is 0.204 e. The van der Waals surface area contributed by atoms with Crippen LogP contribution < -0.4 is 0 Å². The SMILES string of the molecule is CCN(Cn1nc(-c2ccc(Cl)cc2Cl)n(-c2ccccc2)c1=S)C1CCS(=O)(=O)C1. The number of nitrogens with zero attached hydrogens (tertiary/aromatic N) is 4. The molecule has 0 saturated carbocycles. The molecular weight excluding hydrogens is 475 g/mol. The van der Waals surface area contributed by atoms with Crippen LogP contribution in [0.15, 0.2) is 48.5 Å². The first-order chi connectivity index (χ1) is 14.8. The predicted octanol–water partition coefficient (Wildman–Crippen LogP) is 4.84. The molecular formula is C21H22Cl2N4O2S2. The van der Waals surface area contributed by atoms with Gasteiger partial charge in [-0.3, -0.25) is 9.47 Å². The molecule has 164 valence electrons. The molecule has 3 aromatic rings. The van der Waals surface area contributed by atoms with E-state index in [1.54, 1.807) is 16.8 Å². The third-order valence-electron chi connectivity index (χ3n) is 5.47. The van der Waals surface area contributed by atoms with Crippen molar-refractivity contribution in [2.24, 2.45) is 0 Å². The lowest BCUT2D eigenvalue weighted by atomic mass is 10.2. The van der Waals surface area contributed by atoms with Gasteiger partial charge in [0.05, 0.1) is 23.2 Å². The molecule has 1 saturated heterocycles. The van der Waals surface area contributed by atoms with Crippen LogP contribution in [0.2, 0.25) is 10.0 Å². The van der Waals surface area contributed by atoms with Crippen LogP contribution in [0.3, 0.4) is 0 Å². The van der Waals surface area contributed by atoms with Crippen molar-refractivity contribution in [3.05, 3.63) is 63.3 Å². The minimum Gasteiger partial charge on any atom is -0.281 e. The minimum absolute atomic E-state index is 0.0404. The molecule has 1 aliphatic rings. The number of hydrogen-bond donors (Lipinski definition) is 0. The molecule has 0 spiro atoms. The number of aromatic nitrogens is 3. The van der Waals surface area contributed by atoms with Crippen LogP contribution in [0.5, 0.6) is 0 Å². The fraction of sp³-hybridized carbons (Fsp3) is 0.333. The third-order valence-corrected chi connectivity index (χ3v) is 8.16. The summed E-state index contributed by atoms with van der Waals surface area (Å²) in [6.45, 7) is 3.10. The van der Waals surface area contributed by atoms with E-state index in [1.807, 2.05) is 47.9 Å². The van der Waals surface area contributed by atoms with Gasteiger partial charge in [-0.1, -0.05) is 48.3 Å². The summed E-state index contributed by atoms with van der Waals surface area (Å²) < 4.78 is 28.1. The number of sulfone groups is 1. The monoisotopic (exact) mass is 496 g/mol. The van der Waals surface area contributed by atoms with Gasteiger partial charge in [0.1, 0.15) is 0 Å². The summed E-state index contributed by atoms with van der Waals surface area (Å²) in [5.41, 5.74) is 1.58. The van der Waals surface area contributed by atoms with Crippen molar-refractivity contribution < 1.29 is 8.42 Å². The van der Waals surface area contributed by atoms with Gasteiger partial charge in [0, 0.05) is 22.3 Å². The van der Waals surface area contributed by atoms with E-state index in [9.17, 15) is 8.42 Å². The van der Waals surface area contributed by atoms with Crippen LogP contribution in [0.25, 0.3) is 17.1 Å². The molecule has 6 nitrogen and oxygen atoms in total. The predicted molar refractivity (Wildman–Crippen MR) is 127 cm³/mol. The number of halogens is 2. The molecule has 0 aliphatic carbocycles. The van der Waals surface area contributed by atoms with Gasteiger partial charge in [0.15, 0.2) is 15.7 Å². The molecule has 0 bridgehead atoms. The van der Waals surface area contributed by atoms with E-state index in [4.69, 9.17) is 40.5 Å². The topological polar surface area (TPSA) is 60.1 Å². The van der Waals surface area contributed by atoms with Crippen molar-refractivity contribution in [2.75, 3.05) is 18.1 Å². The van der Waals surface area contributed by atoms with E-state index in [-0.39, 0.29) is 17.5 Å². The fourth-order valence-electron chi connectivity index (χ4n) is 3.86. The van der Waals surface area contributed by atoms with E-state index in [0.717, 1.165) is 5.69 Å². The molecule has 2 heterocycles. The Morgan fingerprint density at radius 3 is 2.55 bits per heavy atom. The first-order valence-electron chi connectivity index (χ1n) is 9.94. The van der Waals surface area contributed by atoms with Gasteiger partial charge < -0.3 is 0 Å². The standard InChI is InChI=1S/C21H22Cl2N4O2S2/c1-2-25(17-10-11-31(28,29)13-17)14-26-21(30)27(16-6-4-3-5-7-16)20(24-26)18-9-8-15(22)12-19(18)23/h3-9,12,17H,2,10-11,13-14H2,1H3. The van der Waals surface area contributed by atoms with Crippen molar-refractivity contribution in [1.82, 2.24) is 19.2 Å². The summed E-state index contributed by atoms with van der Waals surface area (Å²) in [7, 11) is -2.98. The number of para-hydroxylation sites is 1. The highest BCUT2D eigenvalue weighted by Gasteiger charge is 2.32. The molecule has 0 amide bonds. The summed E-state index contributed by atoms with van der Waals surface area (Å²) in [5, 5.41) is 5.82. The Bertz CT molecular complexity index is 1260. The van der Waals surface area contributed by atoms with Crippen molar-refractivity contribution in [3.8, 4) is 17.1 Å². The number of benzene rings is 2. The Morgan fingerprint density at radius 2 is 1.94 bits per heavy atom. The highest BCUT2D eigenvalue weighted by Crippen LogP contribution is 2.31. The second-order valence-corrected chi connectivity index (χ2v) is 10.9. The Labute approximate surface area is 196 Å². The van der Waals surface area contributed by atoms with Gasteiger partial charge in [-0.15, -0.1) is 5.10 Å². The molecule has 31 heavy (non-hydrogen) atoms. The average molecular weight is 497 g/mol. The molecule has 1 aromatic heterocycles. The summed E-state index contributed by atoms with van der Waals surface area (Å²) in [6.07, 6.45) is 0.624. The van der Waals surface area contributed by atoms with Crippen LogP contribution in [-0.4, -0.2) is 51.8 Å². The van der Waals surface area contributed by atoms with Gasteiger partial charge >= 0.3 is 0 Å². The molecule has 0 N–H and O–H groups in total. The van der Waals surface area contributed by atoms with Crippen LogP contribution in [0.1, 0.15) is 13.3 Å². The van der Waals surface area contributed by atoms with Crippen molar-refractivity contribution in [1.29, 1.82) is 0 Å². The first-order valence-corrected chi connectivity index (χ1v) is 12.9. The summed E-state index contributed by atoms with van der Waals surface area (Å²) in [5.74, 6) is 1.00. The molecule has 4 rings (SSSR count). The number of hydrogen-bond acceptors (Lipinski definition) is 5. The van der Waals surface area contributed by atoms with E-state index in [2.05, 4.69) is 4.90 Å². The van der Waals surface area contributed by atoms with E-state index >= 15 is 0 Å². The Kier molecular flexibility index (Phi) is 6.55. The maximum atomic E-state index is 12.0. The fourth-order valence-corrected chi connectivity index (χ4v) is 6.41. The Morgan fingerprint density at radius 1 is 1.19 bits per heavy atom. The van der Waals surface area contributed by atoms with Gasteiger partial charge in [-0.2, -0.15) is 0 Å². The second-order valence-electron chi connectivity index (χ2n) is 7.50. The third kappa shape index (κ3) is 4.73. The van der Waals surface area contributed by atoms with E-state index in [1.165, 1.54) is 0 Å². The lowest BCUT2D eigenvalue weighted by molar-refractivity contribution is 0.164. The van der Waals surface area contributed by atoms with E-state index < -0.39 is 9.84 Å². The van der Waals surface area contributed by atoms with Crippen molar-refractivity contribution >= 4 is 45.3 Å². The van der Waals surface area contributed by atoms with Gasteiger partial charge in [-0.05, 0) is 55.5 Å². The molecule has 1 unspecified atom stereocenters. The minimum atomic E-state index is -2.98. The quantitative estimate of drug-likeness (QED) is 0.456. The zero-order valence-electron chi connectivity index (χ0n) is 16.9. The zero-order chi connectivity index (χ0) is 22.2. The molecule has 10 heteroatoms. The molecule has 1 atom stereocenters. The van der Waals surface area contributed by atoms with Crippen LogP contribution >= 0.6 is 35.4 Å². The van der Waals surface area contributed by atoms with Crippen LogP contribution in [0.4, 0.5) is 0 Å². The van der Waals surface area contributed by atoms with Gasteiger partial charge in [0.25, 0.3) is 0 Å². The van der Waals surface area contributed by atoms with Crippen LogP contribution in [0, 0.1) is 4.77 Å². The van der Waals surface area contributed by atoms with Gasteiger partial charge in [-0.25, -0.2) is 13.1 Å². The molecule has 1 fully saturated rings. The summed E-state index contributed by atoms with van der Waals surface area (Å²) in [4.78, 5) is 2.11. The normalized spacial score (nSPS) is 18.0. The summed E-state index contributed by atoms with van der Waals surface area (Å²) in [6, 6.07) is 14.9. The lowest BCUT2D eigenvalue weighted by Crippen LogP contribution is -2.37. The van der Waals surface area contributed by atoms with Crippen LogP contribution in [-0.2, 0) is 16.5 Å². The van der Waals surface area contributed by atoms with Crippen molar-refractivity contribution in [3.63, 3.8) is 0 Å². The van der Waals surface area contributed by atoms with E-state index in [0.29, 0.717) is 45.8 Å². The van der Waals surface area contributed by atoms with Gasteiger partial charge in [0.2, 0.25) is 4.77 Å². The molecule has 1 aliphatic heterocycles. The maximum Gasteiger partial charge on any atom is 0.204 e. The highest BCUT2D eigenvalue weighted by atomic mass is 35.5. The maximum absolute atomic E-state index is 12.0. The second kappa shape index (κ2) is 9.03. The Balaban J connectivity index is 1.79. The number of rotatable bonds is 6. The molecule has 2 aromatic carbocycles. The van der Waals surface area contributed by atoms with Crippen molar-refractivity contribution in [2.45, 2.75) is 26.1 Å². The largest absolute Gasteiger partial charge is 0.281 e. The summed E-state index contributed by atoms with van der Waals surface area (Å²) >= 11 is 18.4.